The summed E-state index contributed by atoms with van der Waals surface area (Å²) in [6.45, 7) is 5.37. The highest BCUT2D eigenvalue weighted by Gasteiger charge is 2.34. The number of nitrogens with two attached hydrogens (primary N) is 1. The second-order valence-corrected chi connectivity index (χ2v) is 9.94. The minimum atomic E-state index is -0.264. The number of anilines is 5. The first-order valence-electron chi connectivity index (χ1n) is 13.3. The maximum Gasteiger partial charge on any atom is 0.330 e. The minimum absolute atomic E-state index is 0.0189. The number of amides is 3. The van der Waals surface area contributed by atoms with Gasteiger partial charge in [0.15, 0.2) is 0 Å². The van der Waals surface area contributed by atoms with E-state index in [1.54, 1.807) is 40.1 Å². The molecule has 13 heteroatoms. The smallest absolute Gasteiger partial charge is 0.330 e. The second-order valence-electron chi connectivity index (χ2n) is 9.56. The number of benzene rings is 2. The summed E-state index contributed by atoms with van der Waals surface area (Å²) in [5, 5.41) is 3.56. The number of nitrogens with one attached hydrogen (secondary N) is 1. The number of ether oxygens (including phenoxy) is 2. The van der Waals surface area contributed by atoms with Crippen LogP contribution in [0.2, 0.25) is 5.02 Å². The third-order valence-electron chi connectivity index (χ3n) is 7.24. The van der Waals surface area contributed by atoms with Crippen LogP contribution in [0.1, 0.15) is 12.5 Å². The van der Waals surface area contributed by atoms with Gasteiger partial charge < -0.3 is 30.3 Å². The minimum Gasteiger partial charge on any atom is -0.497 e. The maximum atomic E-state index is 13.6. The van der Waals surface area contributed by atoms with Crippen LogP contribution >= 0.6 is 11.6 Å². The number of piperazine rings is 1. The van der Waals surface area contributed by atoms with Crippen molar-refractivity contribution in [3.8, 4) is 11.5 Å². The zero-order valence-corrected chi connectivity index (χ0v) is 24.0. The van der Waals surface area contributed by atoms with Crippen molar-refractivity contribution in [2.24, 2.45) is 5.73 Å². The van der Waals surface area contributed by atoms with Gasteiger partial charge in [-0.15, -0.1) is 0 Å². The molecule has 5 rings (SSSR count). The van der Waals surface area contributed by atoms with Crippen LogP contribution in [0.15, 0.2) is 42.6 Å². The van der Waals surface area contributed by atoms with Crippen molar-refractivity contribution < 1.29 is 19.1 Å². The van der Waals surface area contributed by atoms with Crippen molar-refractivity contribution in [1.29, 1.82) is 0 Å². The van der Waals surface area contributed by atoms with E-state index in [-0.39, 0.29) is 25.0 Å². The van der Waals surface area contributed by atoms with E-state index in [0.29, 0.717) is 53.6 Å². The first-order valence-corrected chi connectivity index (χ1v) is 13.7. The standard InChI is InChI=1S/C28H33ClN8O4/c1-4-36-26-18(17-37(28(36)39)22-13-21(40-2)14-23(41-3)25(22)29)16-31-27(33-26)32-19-5-7-20(8-6-19)34-9-11-35(12-10-34)24(38)15-30/h5-8,13-14,16H,4,9-12,15,17,30H2,1-3H3,(H,31,32,33). The number of hydrogen-bond acceptors (Lipinski definition) is 9. The van der Waals surface area contributed by atoms with Crippen LogP contribution in [0, 0.1) is 0 Å². The van der Waals surface area contributed by atoms with Crippen molar-refractivity contribution in [2.45, 2.75) is 13.5 Å². The summed E-state index contributed by atoms with van der Waals surface area (Å²) in [6, 6.07) is 11.1. The Morgan fingerprint density at radius 3 is 2.46 bits per heavy atom. The molecule has 2 aliphatic rings. The van der Waals surface area contributed by atoms with Gasteiger partial charge in [0.1, 0.15) is 22.3 Å². The fraction of sp³-hybridized carbons (Fsp3) is 0.357. The number of carbonyl (C=O) groups excluding carboxylic acids is 2. The summed E-state index contributed by atoms with van der Waals surface area (Å²) >= 11 is 6.60. The van der Waals surface area contributed by atoms with Crippen molar-refractivity contribution in [2.75, 3.05) is 73.5 Å². The largest absolute Gasteiger partial charge is 0.497 e. The molecule has 3 amide bonds. The van der Waals surface area contributed by atoms with E-state index in [9.17, 15) is 9.59 Å². The Hall–Kier alpha value is -4.29. The van der Waals surface area contributed by atoms with Crippen LogP contribution in [0.4, 0.5) is 33.6 Å². The number of aromatic nitrogens is 2. The number of hydrogen-bond donors (Lipinski definition) is 2. The molecule has 216 valence electrons. The molecule has 0 aliphatic carbocycles. The molecule has 3 heterocycles. The molecule has 2 aliphatic heterocycles. The Morgan fingerprint density at radius 1 is 1.10 bits per heavy atom. The summed E-state index contributed by atoms with van der Waals surface area (Å²) in [4.78, 5) is 41.8. The first kappa shape index (κ1) is 28.2. The fourth-order valence-electron chi connectivity index (χ4n) is 5.00. The third-order valence-corrected chi connectivity index (χ3v) is 7.62. The average molecular weight is 581 g/mol. The predicted octanol–water partition coefficient (Wildman–Crippen LogP) is 3.46. The molecule has 1 aromatic heterocycles. The van der Waals surface area contributed by atoms with Gasteiger partial charge in [0.2, 0.25) is 11.9 Å². The van der Waals surface area contributed by atoms with Gasteiger partial charge in [-0.05, 0) is 31.2 Å². The summed E-state index contributed by atoms with van der Waals surface area (Å²) in [6.07, 6.45) is 1.72. The fourth-order valence-corrected chi connectivity index (χ4v) is 5.29. The molecule has 0 unspecified atom stereocenters. The highest BCUT2D eigenvalue weighted by Crippen LogP contribution is 2.41. The zero-order chi connectivity index (χ0) is 29.1. The molecule has 12 nitrogen and oxygen atoms in total. The topological polar surface area (TPSA) is 129 Å². The van der Waals surface area contributed by atoms with Crippen LogP contribution in [0.5, 0.6) is 11.5 Å². The Morgan fingerprint density at radius 2 is 1.83 bits per heavy atom. The number of rotatable bonds is 8. The average Bonchev–Trinajstić information content (AvgIpc) is 3.01. The molecule has 2 aromatic carbocycles. The van der Waals surface area contributed by atoms with Gasteiger partial charge in [0.25, 0.3) is 0 Å². The van der Waals surface area contributed by atoms with Crippen LogP contribution < -0.4 is 35.2 Å². The maximum absolute atomic E-state index is 13.6. The van der Waals surface area contributed by atoms with Crippen LogP contribution in [-0.4, -0.2) is 80.3 Å². The van der Waals surface area contributed by atoms with Gasteiger partial charge in [0, 0.05) is 68.0 Å². The Balaban J connectivity index is 1.32. The zero-order valence-electron chi connectivity index (χ0n) is 23.3. The third kappa shape index (κ3) is 5.66. The number of halogens is 1. The van der Waals surface area contributed by atoms with E-state index in [2.05, 4.69) is 15.2 Å². The lowest BCUT2D eigenvalue weighted by Crippen LogP contribution is -2.50. The molecular weight excluding hydrogens is 548 g/mol. The van der Waals surface area contributed by atoms with Crippen molar-refractivity contribution >= 4 is 52.4 Å². The number of nitrogens with zero attached hydrogens (tertiary/aromatic N) is 6. The predicted molar refractivity (Wildman–Crippen MR) is 159 cm³/mol. The Kier molecular flexibility index (Phi) is 8.31. The highest BCUT2D eigenvalue weighted by atomic mass is 35.5. The lowest BCUT2D eigenvalue weighted by atomic mass is 10.1. The van der Waals surface area contributed by atoms with Gasteiger partial charge in [-0.1, -0.05) is 11.6 Å². The summed E-state index contributed by atoms with van der Waals surface area (Å²) in [5.41, 5.74) is 8.62. The van der Waals surface area contributed by atoms with E-state index >= 15 is 0 Å². The van der Waals surface area contributed by atoms with E-state index in [0.717, 1.165) is 30.0 Å². The number of fused-ring (bicyclic) bond motifs is 1. The van der Waals surface area contributed by atoms with Gasteiger partial charge in [-0.3, -0.25) is 14.6 Å². The van der Waals surface area contributed by atoms with E-state index in [4.69, 9.17) is 31.8 Å². The van der Waals surface area contributed by atoms with Crippen molar-refractivity contribution in [3.63, 3.8) is 0 Å². The molecule has 0 radical (unpaired) electrons. The van der Waals surface area contributed by atoms with Gasteiger partial charge in [-0.25, -0.2) is 9.78 Å². The lowest BCUT2D eigenvalue weighted by molar-refractivity contribution is -0.129. The van der Waals surface area contributed by atoms with Crippen molar-refractivity contribution in [1.82, 2.24) is 14.9 Å². The summed E-state index contributed by atoms with van der Waals surface area (Å²) < 4.78 is 10.8. The monoisotopic (exact) mass is 580 g/mol. The quantitative estimate of drug-likeness (QED) is 0.411. The molecule has 1 saturated heterocycles. The van der Waals surface area contributed by atoms with Gasteiger partial charge in [-0.2, -0.15) is 4.98 Å². The molecule has 1 fully saturated rings. The Bertz CT molecular complexity index is 1430. The molecule has 3 N–H and O–H groups in total. The number of urea groups is 1. The van der Waals surface area contributed by atoms with E-state index in [1.807, 2.05) is 31.2 Å². The number of carbonyl (C=O) groups is 2. The van der Waals surface area contributed by atoms with Crippen LogP contribution in [0.25, 0.3) is 0 Å². The molecule has 0 bridgehead atoms. The molecule has 3 aromatic rings. The van der Waals surface area contributed by atoms with E-state index in [1.165, 1.54) is 7.11 Å². The van der Waals surface area contributed by atoms with Crippen LogP contribution in [0.3, 0.4) is 0 Å². The Labute approximate surface area is 243 Å². The SMILES string of the molecule is CCN1C(=O)N(c2cc(OC)cc(OC)c2Cl)Cc2cnc(Nc3ccc(N4CCN(C(=O)CN)CC4)cc3)nc21. The normalized spacial score (nSPS) is 15.1. The van der Waals surface area contributed by atoms with Crippen molar-refractivity contribution in [3.05, 3.63) is 53.2 Å². The molecule has 41 heavy (non-hydrogen) atoms. The number of methoxy groups -OCH3 is 2. The van der Waals surface area contributed by atoms with E-state index < -0.39 is 0 Å². The first-order chi connectivity index (χ1) is 19.9. The molecule has 0 atom stereocenters. The van der Waals surface area contributed by atoms with Gasteiger partial charge >= 0.3 is 6.03 Å². The summed E-state index contributed by atoms with van der Waals surface area (Å²) in [5.74, 6) is 1.83. The van der Waals surface area contributed by atoms with Crippen LogP contribution in [-0.2, 0) is 11.3 Å². The second kappa shape index (κ2) is 12.1. The molecular formula is C28H33ClN8O4. The molecule has 0 saturated carbocycles. The van der Waals surface area contributed by atoms with Gasteiger partial charge in [0.05, 0.1) is 33.0 Å². The summed E-state index contributed by atoms with van der Waals surface area (Å²) in [7, 11) is 3.06. The highest BCUT2D eigenvalue weighted by molar-refractivity contribution is 6.35. The molecule has 0 spiro atoms. The lowest BCUT2D eigenvalue weighted by Gasteiger charge is -2.36.